The molecule has 0 saturated carbocycles. The smallest absolute Gasteiger partial charge is 0.236 e. The summed E-state index contributed by atoms with van der Waals surface area (Å²) >= 11 is 6.30. The highest BCUT2D eigenvalue weighted by molar-refractivity contribution is 8.00. The zero-order valence-corrected chi connectivity index (χ0v) is 21.2. The van der Waals surface area contributed by atoms with Crippen LogP contribution < -0.4 is 5.32 Å². The number of unbranched alkanes of at least 4 members (excludes halogenated alkanes) is 1. The van der Waals surface area contributed by atoms with Crippen molar-refractivity contribution in [2.24, 2.45) is 0 Å². The number of rotatable bonds is 9. The summed E-state index contributed by atoms with van der Waals surface area (Å²) in [6, 6.07) is 0. The number of aromatic nitrogens is 3. The first-order chi connectivity index (χ1) is 15.0. The molecule has 0 radical (unpaired) electrons. The predicted molar refractivity (Wildman–Crippen MR) is 132 cm³/mol. The molecule has 1 N–H and O–H groups in total. The van der Waals surface area contributed by atoms with Crippen LogP contribution in [0.4, 0.5) is 5.13 Å². The van der Waals surface area contributed by atoms with E-state index in [9.17, 15) is 4.79 Å². The Kier molecular flexibility index (Phi) is 7.53. The van der Waals surface area contributed by atoms with Crippen molar-refractivity contribution in [3.63, 3.8) is 0 Å². The molecule has 0 aliphatic carbocycles. The second kappa shape index (κ2) is 10.2. The molecule has 1 unspecified atom stereocenters. The van der Waals surface area contributed by atoms with E-state index in [-0.39, 0.29) is 17.3 Å². The SMILES string of the molecule is CCCCSc1nc(SCC(=O)Nc2nccs2)c2c3c(sc2n1)COC(C)(CC)C3. The summed E-state index contributed by atoms with van der Waals surface area (Å²) < 4.78 is 6.16. The number of thiophene rings is 1. The van der Waals surface area contributed by atoms with Gasteiger partial charge in [0.05, 0.1) is 18.0 Å². The van der Waals surface area contributed by atoms with E-state index >= 15 is 0 Å². The molecule has 31 heavy (non-hydrogen) atoms. The average Bonchev–Trinajstić information content (AvgIpc) is 3.39. The summed E-state index contributed by atoms with van der Waals surface area (Å²) in [7, 11) is 0. The number of nitrogens with one attached hydrogen (secondary N) is 1. The number of hydrogen-bond acceptors (Lipinski definition) is 9. The van der Waals surface area contributed by atoms with Gasteiger partial charge in [0.25, 0.3) is 0 Å². The number of carbonyl (C=O) groups excluding carboxylic acids is 1. The summed E-state index contributed by atoms with van der Waals surface area (Å²) in [5.74, 6) is 1.22. The molecular formula is C21H26N4O2S4. The second-order valence-electron chi connectivity index (χ2n) is 7.64. The third-order valence-corrected chi connectivity index (χ3v) is 8.98. The highest BCUT2D eigenvalue weighted by Gasteiger charge is 2.33. The summed E-state index contributed by atoms with van der Waals surface area (Å²) in [6.07, 6.45) is 5.77. The van der Waals surface area contributed by atoms with E-state index in [0.717, 1.165) is 51.8 Å². The molecule has 1 amide bonds. The zero-order chi connectivity index (χ0) is 21.8. The van der Waals surface area contributed by atoms with Gasteiger partial charge in [0, 0.05) is 34.0 Å². The second-order valence-corrected chi connectivity index (χ2v) is 11.6. The largest absolute Gasteiger partial charge is 0.369 e. The molecule has 3 aromatic heterocycles. The van der Waals surface area contributed by atoms with Crippen molar-refractivity contribution >= 4 is 67.5 Å². The van der Waals surface area contributed by atoms with Gasteiger partial charge in [-0.2, -0.15) is 0 Å². The van der Waals surface area contributed by atoms with Gasteiger partial charge in [-0.25, -0.2) is 15.0 Å². The van der Waals surface area contributed by atoms with E-state index in [4.69, 9.17) is 14.7 Å². The zero-order valence-electron chi connectivity index (χ0n) is 17.9. The minimum Gasteiger partial charge on any atom is -0.369 e. The maximum absolute atomic E-state index is 12.5. The quantitative estimate of drug-likeness (QED) is 0.169. The van der Waals surface area contributed by atoms with E-state index in [0.29, 0.717) is 11.7 Å². The van der Waals surface area contributed by atoms with Gasteiger partial charge in [-0.1, -0.05) is 43.8 Å². The number of thioether (sulfide) groups is 2. The number of hydrogen-bond donors (Lipinski definition) is 1. The Labute approximate surface area is 199 Å². The molecule has 1 atom stereocenters. The molecule has 4 rings (SSSR count). The van der Waals surface area contributed by atoms with Crippen molar-refractivity contribution in [1.82, 2.24) is 15.0 Å². The summed E-state index contributed by atoms with van der Waals surface area (Å²) in [5, 5.41) is 8.13. The molecule has 4 heterocycles. The number of nitrogens with zero attached hydrogens (tertiary/aromatic N) is 3. The average molecular weight is 495 g/mol. The topological polar surface area (TPSA) is 77.0 Å². The Morgan fingerprint density at radius 2 is 2.19 bits per heavy atom. The number of amides is 1. The predicted octanol–water partition coefficient (Wildman–Crippen LogP) is 6.01. The Hall–Kier alpha value is -1.20. The summed E-state index contributed by atoms with van der Waals surface area (Å²) in [6.45, 7) is 7.14. The van der Waals surface area contributed by atoms with Crippen LogP contribution in [0.15, 0.2) is 21.8 Å². The fourth-order valence-corrected chi connectivity index (χ4v) is 6.91. The number of ether oxygens (including phenoxy) is 1. The number of carbonyl (C=O) groups is 1. The number of thiazole rings is 1. The molecule has 0 bridgehead atoms. The van der Waals surface area contributed by atoms with Crippen molar-refractivity contribution in [2.75, 3.05) is 16.8 Å². The lowest BCUT2D eigenvalue weighted by Gasteiger charge is -2.33. The van der Waals surface area contributed by atoms with Crippen molar-refractivity contribution in [2.45, 2.75) is 68.8 Å². The lowest BCUT2D eigenvalue weighted by Crippen LogP contribution is -2.33. The van der Waals surface area contributed by atoms with Gasteiger partial charge in [-0.05, 0) is 25.3 Å². The van der Waals surface area contributed by atoms with E-state index in [1.54, 1.807) is 29.3 Å². The van der Waals surface area contributed by atoms with Gasteiger partial charge in [-0.15, -0.1) is 22.7 Å². The van der Waals surface area contributed by atoms with Gasteiger partial charge >= 0.3 is 0 Å². The highest BCUT2D eigenvalue weighted by atomic mass is 32.2. The van der Waals surface area contributed by atoms with Gasteiger partial charge in [0.15, 0.2) is 10.3 Å². The molecule has 3 aromatic rings. The number of fused-ring (bicyclic) bond motifs is 3. The molecule has 10 heteroatoms. The van der Waals surface area contributed by atoms with Crippen LogP contribution in [-0.2, 0) is 22.6 Å². The van der Waals surface area contributed by atoms with Crippen LogP contribution in [-0.4, -0.2) is 38.0 Å². The Morgan fingerprint density at radius 3 is 2.94 bits per heavy atom. The van der Waals surface area contributed by atoms with Crippen LogP contribution >= 0.6 is 46.2 Å². The maximum atomic E-state index is 12.5. The van der Waals surface area contributed by atoms with Crippen molar-refractivity contribution in [3.8, 4) is 0 Å². The van der Waals surface area contributed by atoms with E-state index in [1.165, 1.54) is 33.5 Å². The lowest BCUT2D eigenvalue weighted by atomic mass is 9.90. The first kappa shape index (κ1) is 23.0. The van der Waals surface area contributed by atoms with E-state index < -0.39 is 0 Å². The van der Waals surface area contributed by atoms with Gasteiger partial charge in [-0.3, -0.25) is 4.79 Å². The lowest BCUT2D eigenvalue weighted by molar-refractivity contribution is -0.113. The third kappa shape index (κ3) is 5.42. The first-order valence-electron chi connectivity index (χ1n) is 10.4. The Balaban J connectivity index is 1.63. The molecule has 1 aliphatic rings. The third-order valence-electron chi connectivity index (χ3n) is 5.28. The van der Waals surface area contributed by atoms with E-state index in [2.05, 4.69) is 31.1 Å². The fraction of sp³-hybridized carbons (Fsp3) is 0.524. The molecule has 166 valence electrons. The molecule has 0 fully saturated rings. The van der Waals surface area contributed by atoms with Crippen LogP contribution in [0.1, 0.15) is 50.5 Å². The minimum absolute atomic E-state index is 0.0716. The van der Waals surface area contributed by atoms with Crippen LogP contribution in [0.25, 0.3) is 10.2 Å². The van der Waals surface area contributed by atoms with Gasteiger partial charge in [0.1, 0.15) is 9.86 Å². The van der Waals surface area contributed by atoms with Gasteiger partial charge < -0.3 is 10.1 Å². The standard InChI is InChI=1S/C21H26N4O2S4/c1-4-6-8-28-20-24-17(30-12-15(26)23-19-22-7-9-29-19)16-13-10-21(3,5-2)27-11-14(13)31-18(16)25-20/h7,9H,4-6,8,10-12H2,1-3H3,(H,22,23,26). The van der Waals surface area contributed by atoms with Gasteiger partial charge in [0.2, 0.25) is 5.91 Å². The van der Waals surface area contributed by atoms with Crippen LogP contribution in [0.3, 0.4) is 0 Å². The highest BCUT2D eigenvalue weighted by Crippen LogP contribution is 2.43. The fourth-order valence-electron chi connectivity index (χ4n) is 3.30. The molecule has 6 nitrogen and oxygen atoms in total. The van der Waals surface area contributed by atoms with Crippen LogP contribution in [0.5, 0.6) is 0 Å². The Morgan fingerprint density at radius 1 is 1.32 bits per heavy atom. The summed E-state index contributed by atoms with van der Waals surface area (Å²) in [5.41, 5.74) is 1.13. The Bertz CT molecular complexity index is 1050. The summed E-state index contributed by atoms with van der Waals surface area (Å²) in [4.78, 5) is 28.6. The first-order valence-corrected chi connectivity index (χ1v) is 14.1. The van der Waals surface area contributed by atoms with Crippen LogP contribution in [0.2, 0.25) is 0 Å². The van der Waals surface area contributed by atoms with E-state index in [1.807, 2.05) is 5.38 Å². The van der Waals surface area contributed by atoms with Crippen molar-refractivity contribution < 1.29 is 9.53 Å². The molecular weight excluding hydrogens is 469 g/mol. The molecule has 0 aromatic carbocycles. The molecule has 0 spiro atoms. The minimum atomic E-state index is -0.167. The monoisotopic (exact) mass is 494 g/mol. The maximum Gasteiger partial charge on any atom is 0.236 e. The number of anilines is 1. The molecule has 1 aliphatic heterocycles. The normalized spacial score (nSPS) is 18.3. The van der Waals surface area contributed by atoms with Crippen molar-refractivity contribution in [3.05, 3.63) is 22.0 Å². The van der Waals surface area contributed by atoms with Crippen LogP contribution in [0, 0.1) is 0 Å². The van der Waals surface area contributed by atoms with Crippen molar-refractivity contribution in [1.29, 1.82) is 0 Å². The molecule has 0 saturated heterocycles.